The second kappa shape index (κ2) is 8.67. The number of nitrogens with one attached hydrogen (secondary N) is 1. The van der Waals surface area contributed by atoms with Crippen molar-refractivity contribution in [3.63, 3.8) is 0 Å². The van der Waals surface area contributed by atoms with Gasteiger partial charge >= 0.3 is 51.4 Å². The third kappa shape index (κ3) is 4.48. The standard InChI is InChI=1S/C17H17ClN3O3P.K/c1-3-21-15-9-8-11(10-14(15)20-17(21)25(2,23)24)19-16(22)12-6-4-5-7-13(12)18;/h4-10H,3H2,1-2H3,(H,19,22)(H,23,24);/q;+1/p-1. The molecule has 0 radical (unpaired) electrons. The fourth-order valence-corrected chi connectivity index (χ4v) is 3.86. The normalized spacial score (nSPS) is 13.1. The Hall–Kier alpha value is -0.504. The van der Waals surface area contributed by atoms with Gasteiger partial charge in [-0.1, -0.05) is 23.7 Å². The Labute approximate surface area is 198 Å². The van der Waals surface area contributed by atoms with Crippen molar-refractivity contribution in [1.82, 2.24) is 9.55 Å². The van der Waals surface area contributed by atoms with E-state index in [1.807, 2.05) is 6.92 Å². The maximum Gasteiger partial charge on any atom is 1.00 e. The van der Waals surface area contributed by atoms with Crippen molar-refractivity contribution in [2.24, 2.45) is 0 Å². The summed E-state index contributed by atoms with van der Waals surface area (Å²) in [5.41, 5.74) is 2.13. The molecule has 0 spiro atoms. The predicted octanol–water partition coefficient (Wildman–Crippen LogP) is -0.141. The molecule has 3 aromatic rings. The predicted molar refractivity (Wildman–Crippen MR) is 98.0 cm³/mol. The number of aromatic nitrogens is 2. The van der Waals surface area contributed by atoms with Crippen LogP contribution in [0, 0.1) is 0 Å². The Morgan fingerprint density at radius 2 is 2.00 bits per heavy atom. The van der Waals surface area contributed by atoms with Crippen LogP contribution in [0.25, 0.3) is 11.0 Å². The Bertz CT molecular complexity index is 1020. The van der Waals surface area contributed by atoms with Gasteiger partial charge in [0.25, 0.3) is 5.91 Å². The summed E-state index contributed by atoms with van der Waals surface area (Å²) in [4.78, 5) is 28.5. The van der Waals surface area contributed by atoms with E-state index in [9.17, 15) is 14.3 Å². The number of hydrogen-bond acceptors (Lipinski definition) is 4. The first kappa shape index (κ1) is 21.8. The number of aryl methyl sites for hydroxylation is 1. The van der Waals surface area contributed by atoms with Crippen LogP contribution in [0.4, 0.5) is 5.69 Å². The molecule has 2 aromatic carbocycles. The molecule has 6 nitrogen and oxygen atoms in total. The van der Waals surface area contributed by atoms with E-state index in [1.54, 1.807) is 47.0 Å². The molecule has 0 aliphatic heterocycles. The maximum absolute atomic E-state index is 12.3. The molecule has 1 aromatic heterocycles. The number of imidazole rings is 1. The van der Waals surface area contributed by atoms with Crippen molar-refractivity contribution < 1.29 is 65.6 Å². The minimum atomic E-state index is -3.74. The zero-order chi connectivity index (χ0) is 18.2. The Kier molecular flexibility index (Phi) is 7.27. The summed E-state index contributed by atoms with van der Waals surface area (Å²) in [6.07, 6.45) is 0. The van der Waals surface area contributed by atoms with Gasteiger partial charge in [-0.2, -0.15) is 0 Å². The van der Waals surface area contributed by atoms with E-state index < -0.39 is 7.37 Å². The van der Waals surface area contributed by atoms with Gasteiger partial charge in [0, 0.05) is 12.2 Å². The van der Waals surface area contributed by atoms with Crippen LogP contribution < -0.4 is 67.2 Å². The van der Waals surface area contributed by atoms with E-state index in [0.717, 1.165) is 6.66 Å². The van der Waals surface area contributed by atoms with Crippen molar-refractivity contribution in [2.45, 2.75) is 13.5 Å². The first-order valence-electron chi connectivity index (χ1n) is 7.66. The van der Waals surface area contributed by atoms with Gasteiger partial charge in [0.15, 0.2) is 5.57 Å². The number of hydrogen-bond donors (Lipinski definition) is 1. The molecule has 1 unspecified atom stereocenters. The summed E-state index contributed by atoms with van der Waals surface area (Å²) < 4.78 is 13.6. The van der Waals surface area contributed by atoms with Crippen LogP contribution in [-0.2, 0) is 11.1 Å². The third-order valence-electron chi connectivity index (χ3n) is 3.78. The summed E-state index contributed by atoms with van der Waals surface area (Å²) >= 11 is 6.03. The van der Waals surface area contributed by atoms with E-state index in [2.05, 4.69) is 10.3 Å². The number of fused-ring (bicyclic) bond motifs is 1. The topological polar surface area (TPSA) is 87.1 Å². The molecule has 0 saturated carbocycles. The maximum atomic E-state index is 12.3. The molecule has 3 rings (SSSR count). The SMILES string of the molecule is CCn1c(P(C)(=O)[O-])nc2cc(NC(=O)c3ccccc3Cl)ccc21.[K+]. The molecule has 1 atom stereocenters. The van der Waals surface area contributed by atoms with Crippen molar-refractivity contribution in [3.05, 3.63) is 53.1 Å². The summed E-state index contributed by atoms with van der Waals surface area (Å²) in [7, 11) is -3.74. The number of anilines is 1. The first-order valence-corrected chi connectivity index (χ1v) is 10.1. The van der Waals surface area contributed by atoms with Crippen LogP contribution in [0.3, 0.4) is 0 Å². The number of carbonyl (C=O) groups excluding carboxylic acids is 1. The van der Waals surface area contributed by atoms with Crippen LogP contribution >= 0.6 is 19.0 Å². The van der Waals surface area contributed by atoms with E-state index >= 15 is 0 Å². The minimum absolute atomic E-state index is 0. The average molecular weight is 416 g/mol. The molecule has 1 N–H and O–H groups in total. The van der Waals surface area contributed by atoms with E-state index in [4.69, 9.17) is 11.6 Å². The number of halogens is 1. The molecule has 0 bridgehead atoms. The fraction of sp³-hybridized carbons (Fsp3) is 0.176. The minimum Gasteiger partial charge on any atom is -0.794 e. The van der Waals surface area contributed by atoms with E-state index in [-0.39, 0.29) is 62.9 Å². The van der Waals surface area contributed by atoms with Crippen molar-refractivity contribution >= 4 is 47.2 Å². The van der Waals surface area contributed by atoms with Gasteiger partial charge in [0.2, 0.25) is 0 Å². The van der Waals surface area contributed by atoms with Crippen molar-refractivity contribution in [2.75, 3.05) is 12.0 Å². The van der Waals surface area contributed by atoms with Gasteiger partial charge in [-0.25, -0.2) is 4.98 Å². The average Bonchev–Trinajstić information content (AvgIpc) is 2.93. The quantitative estimate of drug-likeness (QED) is 0.474. The van der Waals surface area contributed by atoms with E-state index in [0.29, 0.717) is 33.9 Å². The number of nitrogens with zero attached hydrogens (tertiary/aromatic N) is 2. The van der Waals surface area contributed by atoms with Crippen LogP contribution in [-0.4, -0.2) is 22.1 Å². The third-order valence-corrected chi connectivity index (χ3v) is 5.18. The number of carbonyl (C=O) groups is 1. The molecule has 0 fully saturated rings. The van der Waals surface area contributed by atoms with E-state index in [1.165, 1.54) is 0 Å². The molecule has 0 aliphatic rings. The largest absolute Gasteiger partial charge is 1.00 e. The Morgan fingerprint density at radius 1 is 1.31 bits per heavy atom. The molecular weight excluding hydrogens is 400 g/mol. The zero-order valence-corrected chi connectivity index (χ0v) is 19.5. The molecule has 1 heterocycles. The smallest absolute Gasteiger partial charge is 0.794 e. The van der Waals surface area contributed by atoms with Gasteiger partial charge in [-0.3, -0.25) is 4.79 Å². The summed E-state index contributed by atoms with van der Waals surface area (Å²) in [6.45, 7) is 3.49. The van der Waals surface area contributed by atoms with Crippen LogP contribution in [0.5, 0.6) is 0 Å². The molecule has 1 amide bonds. The zero-order valence-electron chi connectivity index (χ0n) is 14.7. The van der Waals surface area contributed by atoms with Gasteiger partial charge < -0.3 is 19.3 Å². The summed E-state index contributed by atoms with van der Waals surface area (Å²) in [6, 6.07) is 11.8. The second-order valence-electron chi connectivity index (χ2n) is 5.64. The number of benzene rings is 2. The molecule has 26 heavy (non-hydrogen) atoms. The Morgan fingerprint density at radius 3 is 2.62 bits per heavy atom. The van der Waals surface area contributed by atoms with Crippen LogP contribution in [0.1, 0.15) is 17.3 Å². The molecule has 0 aliphatic carbocycles. The van der Waals surface area contributed by atoms with Crippen molar-refractivity contribution in [1.29, 1.82) is 0 Å². The first-order chi connectivity index (χ1) is 11.8. The molecular formula is C17H16ClKN3O3P. The van der Waals surface area contributed by atoms with Crippen LogP contribution in [0.2, 0.25) is 5.02 Å². The second-order valence-corrected chi connectivity index (χ2v) is 8.14. The molecule has 0 saturated heterocycles. The van der Waals surface area contributed by atoms with Crippen molar-refractivity contribution in [3.8, 4) is 0 Å². The molecule has 130 valence electrons. The summed E-state index contributed by atoms with van der Waals surface area (Å²) in [5.74, 6) is -0.343. The van der Waals surface area contributed by atoms with Gasteiger partial charge in [0.1, 0.15) is 0 Å². The Balaban J connectivity index is 0.00000243. The fourth-order valence-electron chi connectivity index (χ4n) is 2.66. The monoisotopic (exact) mass is 415 g/mol. The van der Waals surface area contributed by atoms with Crippen LogP contribution in [0.15, 0.2) is 42.5 Å². The summed E-state index contributed by atoms with van der Waals surface area (Å²) in [5, 5.41) is 3.12. The van der Waals surface area contributed by atoms with Gasteiger partial charge in [0.05, 0.1) is 29.0 Å². The van der Waals surface area contributed by atoms with Gasteiger partial charge in [-0.15, -0.1) is 0 Å². The molecule has 9 heteroatoms. The van der Waals surface area contributed by atoms with Gasteiger partial charge in [-0.05, 0) is 43.9 Å². The number of amides is 1. The number of rotatable bonds is 4.